The first-order valence-electron chi connectivity index (χ1n) is 8.17. The Bertz CT molecular complexity index is 1200. The van der Waals surface area contributed by atoms with Crippen LogP contribution < -0.4 is 0 Å². The average molecular weight is 308 g/mol. The fourth-order valence-corrected chi connectivity index (χ4v) is 3.70. The van der Waals surface area contributed by atoms with Crippen molar-refractivity contribution in [2.75, 3.05) is 0 Å². The summed E-state index contributed by atoms with van der Waals surface area (Å²) in [7, 11) is 0. The molecule has 0 aliphatic heterocycles. The second-order valence-corrected chi connectivity index (χ2v) is 6.17. The Hall–Kier alpha value is -3.13. The van der Waals surface area contributed by atoms with Gasteiger partial charge in [-0.2, -0.15) is 0 Å². The molecule has 2 heterocycles. The molecule has 2 aromatic heterocycles. The summed E-state index contributed by atoms with van der Waals surface area (Å²) in [5.41, 5.74) is 5.89. The molecule has 2 nitrogen and oxygen atoms in total. The van der Waals surface area contributed by atoms with E-state index in [1.807, 2.05) is 6.20 Å². The number of benzene rings is 3. The number of imidazole rings is 1. The van der Waals surface area contributed by atoms with Crippen molar-refractivity contribution in [1.82, 2.24) is 9.38 Å². The van der Waals surface area contributed by atoms with Crippen molar-refractivity contribution in [1.29, 1.82) is 0 Å². The van der Waals surface area contributed by atoms with Gasteiger partial charge in [-0.15, -0.1) is 0 Å². The zero-order valence-corrected chi connectivity index (χ0v) is 13.4. The lowest BCUT2D eigenvalue weighted by Crippen LogP contribution is -1.94. The molecule has 0 N–H and O–H groups in total. The minimum Gasteiger partial charge on any atom is -0.296 e. The van der Waals surface area contributed by atoms with Crippen LogP contribution in [-0.4, -0.2) is 9.38 Å². The Kier molecular flexibility index (Phi) is 2.74. The van der Waals surface area contributed by atoms with Gasteiger partial charge in [0.05, 0.1) is 5.52 Å². The third-order valence-electron chi connectivity index (χ3n) is 4.74. The highest BCUT2D eigenvalue weighted by atomic mass is 15.0. The molecule has 5 rings (SSSR count). The summed E-state index contributed by atoms with van der Waals surface area (Å²) in [5.74, 6) is 0. The molecule has 0 fully saturated rings. The first-order valence-corrected chi connectivity index (χ1v) is 8.17. The summed E-state index contributed by atoms with van der Waals surface area (Å²) in [6.45, 7) is 2.11. The molecule has 0 radical (unpaired) electrons. The van der Waals surface area contributed by atoms with E-state index in [9.17, 15) is 0 Å². The normalized spacial score (nSPS) is 11.5. The van der Waals surface area contributed by atoms with Crippen molar-refractivity contribution < 1.29 is 0 Å². The number of hydrogen-bond acceptors (Lipinski definition) is 1. The van der Waals surface area contributed by atoms with E-state index >= 15 is 0 Å². The Balaban J connectivity index is 2.09. The van der Waals surface area contributed by atoms with Crippen LogP contribution in [0.5, 0.6) is 0 Å². The summed E-state index contributed by atoms with van der Waals surface area (Å²) in [6.07, 6.45) is 1.95. The van der Waals surface area contributed by atoms with Gasteiger partial charge in [0.25, 0.3) is 0 Å². The number of rotatable bonds is 1. The van der Waals surface area contributed by atoms with Gasteiger partial charge in [-0.1, -0.05) is 66.7 Å². The van der Waals surface area contributed by atoms with Crippen LogP contribution >= 0.6 is 0 Å². The van der Waals surface area contributed by atoms with Crippen LogP contribution in [0.4, 0.5) is 0 Å². The van der Waals surface area contributed by atoms with Crippen LogP contribution in [0.3, 0.4) is 0 Å². The van der Waals surface area contributed by atoms with Gasteiger partial charge in [0.15, 0.2) is 0 Å². The number of pyridine rings is 1. The molecule has 0 spiro atoms. The van der Waals surface area contributed by atoms with Crippen molar-refractivity contribution in [2.24, 2.45) is 0 Å². The SMILES string of the molecule is Cc1cnc2c3cccc(-c4ccccc4)c3c3ccccc3n12. The molecule has 24 heavy (non-hydrogen) atoms. The van der Waals surface area contributed by atoms with Gasteiger partial charge in [-0.3, -0.25) is 4.40 Å². The fraction of sp³-hybridized carbons (Fsp3) is 0.0455. The van der Waals surface area contributed by atoms with E-state index in [1.54, 1.807) is 0 Å². The van der Waals surface area contributed by atoms with Gasteiger partial charge in [-0.05, 0) is 24.1 Å². The van der Waals surface area contributed by atoms with Gasteiger partial charge in [0.2, 0.25) is 0 Å². The van der Waals surface area contributed by atoms with Gasteiger partial charge < -0.3 is 0 Å². The minimum atomic E-state index is 1.03. The van der Waals surface area contributed by atoms with Crippen molar-refractivity contribution in [3.05, 3.63) is 84.7 Å². The van der Waals surface area contributed by atoms with Gasteiger partial charge >= 0.3 is 0 Å². The summed E-state index contributed by atoms with van der Waals surface area (Å²) in [6, 6.07) is 25.7. The molecule has 0 saturated carbocycles. The zero-order chi connectivity index (χ0) is 16.1. The Morgan fingerprint density at radius 2 is 1.50 bits per heavy atom. The first kappa shape index (κ1) is 13.3. The Morgan fingerprint density at radius 3 is 2.38 bits per heavy atom. The molecule has 0 bridgehead atoms. The highest BCUT2D eigenvalue weighted by Crippen LogP contribution is 2.36. The molecule has 0 atom stereocenters. The third kappa shape index (κ3) is 1.74. The second-order valence-electron chi connectivity index (χ2n) is 6.17. The lowest BCUT2D eigenvalue weighted by molar-refractivity contribution is 1.17. The van der Waals surface area contributed by atoms with E-state index in [1.165, 1.54) is 32.8 Å². The molecular weight excluding hydrogens is 292 g/mol. The lowest BCUT2D eigenvalue weighted by Gasteiger charge is -2.13. The van der Waals surface area contributed by atoms with Gasteiger partial charge in [0.1, 0.15) is 5.65 Å². The van der Waals surface area contributed by atoms with Gasteiger partial charge in [0, 0.05) is 28.0 Å². The highest BCUT2D eigenvalue weighted by molar-refractivity contribution is 6.17. The van der Waals surface area contributed by atoms with Crippen molar-refractivity contribution in [3.63, 3.8) is 0 Å². The zero-order valence-electron chi connectivity index (χ0n) is 13.4. The van der Waals surface area contributed by atoms with E-state index in [2.05, 4.69) is 84.1 Å². The topological polar surface area (TPSA) is 17.3 Å². The predicted molar refractivity (Wildman–Crippen MR) is 100 cm³/mol. The standard InChI is InChI=1S/C22H16N2/c1-15-14-23-22-19-12-7-11-17(16-8-3-2-4-9-16)21(19)18-10-5-6-13-20(18)24(15)22/h2-14H,1H3. The molecule has 114 valence electrons. The van der Waals surface area contributed by atoms with Crippen molar-refractivity contribution in [3.8, 4) is 11.1 Å². The van der Waals surface area contributed by atoms with Crippen LogP contribution in [0, 0.1) is 6.92 Å². The highest BCUT2D eigenvalue weighted by Gasteiger charge is 2.14. The predicted octanol–water partition coefficient (Wildman–Crippen LogP) is 5.62. The number of para-hydroxylation sites is 1. The van der Waals surface area contributed by atoms with E-state index in [0.717, 1.165) is 11.3 Å². The molecule has 0 amide bonds. The maximum Gasteiger partial charge on any atom is 0.145 e. The average Bonchev–Trinajstić information content (AvgIpc) is 3.04. The minimum absolute atomic E-state index is 1.03. The van der Waals surface area contributed by atoms with Crippen LogP contribution in [0.15, 0.2) is 79.0 Å². The summed E-state index contributed by atoms with van der Waals surface area (Å²) < 4.78 is 2.26. The summed E-state index contributed by atoms with van der Waals surface area (Å²) in [5, 5.41) is 3.74. The number of aryl methyl sites for hydroxylation is 1. The van der Waals surface area contributed by atoms with Gasteiger partial charge in [-0.25, -0.2) is 4.98 Å². The van der Waals surface area contributed by atoms with E-state index in [0.29, 0.717) is 0 Å². The lowest BCUT2D eigenvalue weighted by atomic mass is 9.95. The number of aromatic nitrogens is 2. The van der Waals surface area contributed by atoms with E-state index in [4.69, 9.17) is 4.98 Å². The van der Waals surface area contributed by atoms with Crippen LogP contribution in [0.2, 0.25) is 0 Å². The first-order chi connectivity index (χ1) is 11.8. The smallest absolute Gasteiger partial charge is 0.145 e. The molecule has 0 aliphatic rings. The van der Waals surface area contributed by atoms with Crippen LogP contribution in [0.1, 0.15) is 5.69 Å². The number of fused-ring (bicyclic) bond motifs is 6. The molecule has 2 heteroatoms. The molecule has 3 aromatic carbocycles. The summed E-state index contributed by atoms with van der Waals surface area (Å²) in [4.78, 5) is 4.69. The van der Waals surface area contributed by atoms with Crippen LogP contribution in [0.25, 0.3) is 38.4 Å². The maximum atomic E-state index is 4.69. The number of nitrogens with zero attached hydrogens (tertiary/aromatic N) is 2. The quantitative estimate of drug-likeness (QED) is 0.368. The summed E-state index contributed by atoms with van der Waals surface area (Å²) >= 11 is 0. The fourth-order valence-electron chi connectivity index (χ4n) is 3.70. The molecule has 0 unspecified atom stereocenters. The molecule has 5 aromatic rings. The molecular formula is C22H16N2. The second kappa shape index (κ2) is 4.93. The largest absolute Gasteiger partial charge is 0.296 e. The Morgan fingerprint density at radius 1 is 0.750 bits per heavy atom. The van der Waals surface area contributed by atoms with E-state index in [-0.39, 0.29) is 0 Å². The monoisotopic (exact) mass is 308 g/mol. The van der Waals surface area contributed by atoms with E-state index < -0.39 is 0 Å². The van der Waals surface area contributed by atoms with Crippen molar-refractivity contribution >= 4 is 27.3 Å². The maximum absolute atomic E-state index is 4.69. The number of hydrogen-bond donors (Lipinski definition) is 0. The Labute approximate surface area is 140 Å². The van der Waals surface area contributed by atoms with Crippen molar-refractivity contribution in [2.45, 2.75) is 6.92 Å². The third-order valence-corrected chi connectivity index (χ3v) is 4.74. The molecule has 0 aliphatic carbocycles. The molecule has 0 saturated heterocycles. The van der Waals surface area contributed by atoms with Crippen LogP contribution in [-0.2, 0) is 0 Å².